The van der Waals surface area contributed by atoms with Gasteiger partial charge in [-0.25, -0.2) is 4.79 Å². The topological polar surface area (TPSA) is 68.4 Å². The van der Waals surface area contributed by atoms with Crippen LogP contribution in [-0.4, -0.2) is 58.9 Å². The standard InChI is InChI=1S/C21H26N4O2/c1-2-6-24-10-13(11-25-12-19(26)23-21(25)27)7-16-15-4-3-5-17-20(15)14(9-22-17)8-18(16)24/h3-5,9,13,16,18,22H,2,6-8,10-12H2,1H3,(H,23,26,27)/t13-,16?,18-/m1/s1. The first kappa shape index (κ1) is 16.8. The van der Waals surface area contributed by atoms with Gasteiger partial charge in [-0.1, -0.05) is 19.1 Å². The second-order valence-corrected chi connectivity index (χ2v) is 8.29. The Bertz CT molecular complexity index is 905. The number of hydrogen-bond acceptors (Lipinski definition) is 3. The Morgan fingerprint density at radius 3 is 2.93 bits per heavy atom. The maximum atomic E-state index is 12.0. The first-order chi connectivity index (χ1) is 13.1. The zero-order chi connectivity index (χ0) is 18.5. The van der Waals surface area contributed by atoms with Gasteiger partial charge >= 0.3 is 6.03 Å². The van der Waals surface area contributed by atoms with E-state index in [2.05, 4.69) is 46.5 Å². The van der Waals surface area contributed by atoms with Gasteiger partial charge in [0.2, 0.25) is 5.91 Å². The Hall–Kier alpha value is -2.34. The predicted octanol–water partition coefficient (Wildman–Crippen LogP) is 2.46. The summed E-state index contributed by atoms with van der Waals surface area (Å²) < 4.78 is 0. The molecule has 1 unspecified atom stereocenters. The first-order valence-electron chi connectivity index (χ1n) is 10.1. The molecule has 2 fully saturated rings. The normalized spacial score (nSPS) is 27.9. The molecule has 6 heteroatoms. The molecule has 6 nitrogen and oxygen atoms in total. The van der Waals surface area contributed by atoms with E-state index in [1.54, 1.807) is 4.90 Å². The number of H-pyrrole nitrogens is 1. The number of urea groups is 1. The minimum atomic E-state index is -0.233. The van der Waals surface area contributed by atoms with Crippen LogP contribution in [0.1, 0.15) is 36.8 Å². The number of piperidine rings is 1. The van der Waals surface area contributed by atoms with Crippen LogP contribution in [-0.2, 0) is 11.2 Å². The molecule has 1 aromatic heterocycles. The van der Waals surface area contributed by atoms with Gasteiger partial charge in [0.25, 0.3) is 0 Å². The number of carbonyl (C=O) groups excluding carboxylic acids is 2. The van der Waals surface area contributed by atoms with Gasteiger partial charge in [0, 0.05) is 42.1 Å². The van der Waals surface area contributed by atoms with E-state index >= 15 is 0 Å². The largest absolute Gasteiger partial charge is 0.361 e. The van der Waals surface area contributed by atoms with E-state index in [9.17, 15) is 9.59 Å². The summed E-state index contributed by atoms with van der Waals surface area (Å²) in [5, 5.41) is 3.81. The van der Waals surface area contributed by atoms with Crippen LogP contribution in [0.15, 0.2) is 24.4 Å². The summed E-state index contributed by atoms with van der Waals surface area (Å²) >= 11 is 0. The molecule has 27 heavy (non-hydrogen) atoms. The number of nitrogens with one attached hydrogen (secondary N) is 2. The van der Waals surface area contributed by atoms with Crippen molar-refractivity contribution in [1.29, 1.82) is 0 Å². The van der Waals surface area contributed by atoms with Crippen LogP contribution in [0.4, 0.5) is 4.79 Å². The Labute approximate surface area is 158 Å². The number of rotatable bonds is 4. The molecule has 3 aliphatic rings. The Balaban J connectivity index is 1.46. The van der Waals surface area contributed by atoms with Gasteiger partial charge in [-0.05, 0) is 48.9 Å². The van der Waals surface area contributed by atoms with E-state index in [-0.39, 0.29) is 18.5 Å². The summed E-state index contributed by atoms with van der Waals surface area (Å²) in [7, 11) is 0. The molecule has 2 aliphatic heterocycles. The number of imide groups is 1. The highest BCUT2D eigenvalue weighted by atomic mass is 16.2. The number of benzene rings is 1. The summed E-state index contributed by atoms with van der Waals surface area (Å²) in [5.74, 6) is 0.701. The zero-order valence-electron chi connectivity index (χ0n) is 15.7. The van der Waals surface area contributed by atoms with Gasteiger partial charge in [-0.15, -0.1) is 0 Å². The fourth-order valence-corrected chi connectivity index (χ4v) is 5.52. The van der Waals surface area contributed by atoms with Gasteiger partial charge in [0.05, 0.1) is 0 Å². The van der Waals surface area contributed by atoms with Gasteiger partial charge in [0.1, 0.15) is 6.54 Å². The summed E-state index contributed by atoms with van der Waals surface area (Å²) in [6.45, 7) is 5.18. The van der Waals surface area contributed by atoms with Gasteiger partial charge in [-0.2, -0.15) is 0 Å². The maximum absolute atomic E-state index is 12.0. The molecule has 2 aromatic rings. The van der Waals surface area contributed by atoms with Crippen molar-refractivity contribution in [3.8, 4) is 0 Å². The fourth-order valence-electron chi connectivity index (χ4n) is 5.52. The quantitative estimate of drug-likeness (QED) is 0.817. The molecule has 3 atom stereocenters. The van der Waals surface area contributed by atoms with Gasteiger partial charge in [-0.3, -0.25) is 15.0 Å². The molecule has 3 amide bonds. The van der Waals surface area contributed by atoms with E-state index in [1.807, 2.05) is 0 Å². The third kappa shape index (κ3) is 2.74. The highest BCUT2D eigenvalue weighted by Crippen LogP contribution is 2.44. The molecule has 0 spiro atoms. The molecule has 2 saturated heterocycles. The fraction of sp³-hybridized carbons (Fsp3) is 0.524. The van der Waals surface area contributed by atoms with Crippen LogP contribution in [0.2, 0.25) is 0 Å². The second-order valence-electron chi connectivity index (χ2n) is 8.29. The Morgan fingerprint density at radius 1 is 1.26 bits per heavy atom. The zero-order valence-corrected chi connectivity index (χ0v) is 15.7. The summed E-state index contributed by atoms with van der Waals surface area (Å²) in [5.41, 5.74) is 4.12. The van der Waals surface area contributed by atoms with Crippen LogP contribution in [0.5, 0.6) is 0 Å². The first-order valence-corrected chi connectivity index (χ1v) is 10.1. The smallest absolute Gasteiger partial charge is 0.324 e. The third-order valence-electron chi connectivity index (χ3n) is 6.52. The van der Waals surface area contributed by atoms with E-state index in [4.69, 9.17) is 0 Å². The maximum Gasteiger partial charge on any atom is 0.324 e. The molecule has 1 aromatic carbocycles. The molecule has 3 heterocycles. The van der Waals surface area contributed by atoms with Crippen LogP contribution < -0.4 is 5.32 Å². The van der Waals surface area contributed by atoms with Gasteiger partial charge in [0.15, 0.2) is 0 Å². The van der Waals surface area contributed by atoms with Crippen LogP contribution in [0.3, 0.4) is 0 Å². The van der Waals surface area contributed by atoms with Crippen molar-refractivity contribution in [3.63, 3.8) is 0 Å². The van der Waals surface area contributed by atoms with Crippen molar-refractivity contribution in [2.24, 2.45) is 5.92 Å². The molecular weight excluding hydrogens is 340 g/mol. The molecule has 1 aliphatic carbocycles. The molecular formula is C21H26N4O2. The highest BCUT2D eigenvalue weighted by molar-refractivity contribution is 6.01. The summed E-state index contributed by atoms with van der Waals surface area (Å²) in [6, 6.07) is 6.90. The minimum Gasteiger partial charge on any atom is -0.361 e. The number of hydrogen-bond donors (Lipinski definition) is 2. The molecule has 0 saturated carbocycles. The van der Waals surface area contributed by atoms with Crippen LogP contribution >= 0.6 is 0 Å². The number of nitrogens with zero attached hydrogens (tertiary/aromatic N) is 2. The van der Waals surface area contributed by atoms with E-state index in [0.29, 0.717) is 24.4 Å². The summed E-state index contributed by atoms with van der Waals surface area (Å²) in [4.78, 5) is 31.3. The number of aromatic amines is 1. The van der Waals surface area contributed by atoms with E-state index < -0.39 is 0 Å². The van der Waals surface area contributed by atoms with Gasteiger partial charge < -0.3 is 9.88 Å². The van der Waals surface area contributed by atoms with Crippen molar-refractivity contribution in [3.05, 3.63) is 35.5 Å². The van der Waals surface area contributed by atoms with E-state index in [0.717, 1.165) is 32.4 Å². The lowest BCUT2D eigenvalue weighted by Crippen LogP contribution is -2.52. The van der Waals surface area contributed by atoms with E-state index in [1.165, 1.54) is 22.0 Å². The molecule has 0 bridgehead atoms. The van der Waals surface area contributed by atoms with Crippen molar-refractivity contribution >= 4 is 22.8 Å². The molecule has 0 radical (unpaired) electrons. The van der Waals surface area contributed by atoms with Crippen LogP contribution in [0, 0.1) is 5.92 Å². The van der Waals surface area contributed by atoms with Crippen molar-refractivity contribution in [2.45, 2.75) is 38.1 Å². The van der Waals surface area contributed by atoms with Crippen molar-refractivity contribution in [1.82, 2.24) is 20.1 Å². The summed E-state index contributed by atoms with van der Waals surface area (Å²) in [6.07, 6.45) is 5.48. The molecule has 142 valence electrons. The molecule has 2 N–H and O–H groups in total. The predicted molar refractivity (Wildman–Crippen MR) is 104 cm³/mol. The third-order valence-corrected chi connectivity index (χ3v) is 6.52. The average molecular weight is 366 g/mol. The number of aromatic nitrogens is 1. The number of fused-ring (bicyclic) bond motifs is 2. The second kappa shape index (κ2) is 6.37. The number of likely N-dealkylation sites (tertiary alicyclic amines) is 1. The monoisotopic (exact) mass is 366 g/mol. The lowest BCUT2D eigenvalue weighted by atomic mass is 9.72. The SMILES string of the molecule is CCCN1C[C@H](CN2CC(=O)NC2=O)CC2c3cccc4[nH]cc(c34)C[C@H]21. The Kier molecular flexibility index (Phi) is 3.97. The lowest BCUT2D eigenvalue weighted by molar-refractivity contribution is -0.118. The average Bonchev–Trinajstić information content (AvgIpc) is 3.20. The lowest BCUT2D eigenvalue weighted by Gasteiger charge is -2.47. The van der Waals surface area contributed by atoms with Crippen LogP contribution in [0.25, 0.3) is 10.9 Å². The molecule has 5 rings (SSSR count). The van der Waals surface area contributed by atoms with Crippen molar-refractivity contribution in [2.75, 3.05) is 26.2 Å². The Morgan fingerprint density at radius 2 is 2.15 bits per heavy atom. The number of amides is 3. The number of carbonyl (C=O) groups is 2. The minimum absolute atomic E-state index is 0.182. The van der Waals surface area contributed by atoms with Crippen molar-refractivity contribution < 1.29 is 9.59 Å². The highest BCUT2D eigenvalue weighted by Gasteiger charge is 2.41.